The van der Waals surface area contributed by atoms with Gasteiger partial charge in [0.15, 0.2) is 0 Å². The van der Waals surface area contributed by atoms with Crippen LogP contribution in [0.3, 0.4) is 0 Å². The third-order valence-electron chi connectivity index (χ3n) is 5.56. The summed E-state index contributed by atoms with van der Waals surface area (Å²) in [6.07, 6.45) is 0.114. The van der Waals surface area contributed by atoms with Crippen molar-refractivity contribution in [3.63, 3.8) is 0 Å². The summed E-state index contributed by atoms with van der Waals surface area (Å²) in [5.74, 6) is 0.627. The summed E-state index contributed by atoms with van der Waals surface area (Å²) < 4.78 is 16.0. The Morgan fingerprint density at radius 2 is 1.61 bits per heavy atom. The number of methoxy groups -OCH3 is 2. The molecule has 0 aromatic heterocycles. The number of nitrogens with zero attached hydrogens (tertiary/aromatic N) is 1. The van der Waals surface area contributed by atoms with Crippen LogP contribution < -0.4 is 24.4 Å². The maximum Gasteiger partial charge on any atom is 0.263 e. The quantitative estimate of drug-likeness (QED) is 0.418. The van der Waals surface area contributed by atoms with Crippen LogP contribution in [0, 0.1) is 0 Å². The highest BCUT2D eigenvalue weighted by atomic mass is 32.2. The van der Waals surface area contributed by atoms with Crippen LogP contribution in [-0.4, -0.2) is 43.8 Å². The van der Waals surface area contributed by atoms with E-state index in [1.54, 1.807) is 66.7 Å². The van der Waals surface area contributed by atoms with Gasteiger partial charge in [-0.3, -0.25) is 14.4 Å². The standard InChI is InChI=1S/C27H26N2O6S/c1-4-35-19-12-10-18(11-13-19)29-24(30)16-23(27(29)32)36-20-14-8-17(9-15-20)28-26(31)25-21(33-2)6-5-7-22(25)34-3/h5-15,23H,4,16H2,1-3H3,(H,28,31). The smallest absolute Gasteiger partial charge is 0.263 e. The van der Waals surface area contributed by atoms with Gasteiger partial charge in [-0.1, -0.05) is 6.07 Å². The SMILES string of the molecule is CCOc1ccc(N2C(=O)CC(Sc3ccc(NC(=O)c4c(OC)cccc4OC)cc3)C2=O)cc1. The van der Waals surface area contributed by atoms with Gasteiger partial charge in [0.05, 0.1) is 31.8 Å². The Bertz CT molecular complexity index is 1240. The van der Waals surface area contributed by atoms with E-state index in [-0.39, 0.29) is 24.1 Å². The largest absolute Gasteiger partial charge is 0.496 e. The lowest BCUT2D eigenvalue weighted by molar-refractivity contribution is -0.121. The van der Waals surface area contributed by atoms with E-state index in [1.807, 2.05) is 6.92 Å². The molecule has 1 heterocycles. The number of rotatable bonds is 9. The van der Waals surface area contributed by atoms with Crippen molar-refractivity contribution >= 4 is 40.9 Å². The molecule has 0 spiro atoms. The first-order chi connectivity index (χ1) is 17.4. The van der Waals surface area contributed by atoms with Gasteiger partial charge in [-0.15, -0.1) is 11.8 Å². The van der Waals surface area contributed by atoms with Crippen LogP contribution in [0.25, 0.3) is 0 Å². The first-order valence-electron chi connectivity index (χ1n) is 11.3. The van der Waals surface area contributed by atoms with Crippen LogP contribution in [0.1, 0.15) is 23.7 Å². The molecule has 1 saturated heterocycles. The molecule has 186 valence electrons. The minimum Gasteiger partial charge on any atom is -0.496 e. The summed E-state index contributed by atoms with van der Waals surface area (Å²) >= 11 is 1.32. The van der Waals surface area contributed by atoms with E-state index >= 15 is 0 Å². The molecule has 9 heteroatoms. The summed E-state index contributed by atoms with van der Waals surface area (Å²) in [6, 6.07) is 19.1. The first kappa shape index (κ1) is 25.1. The molecule has 0 radical (unpaired) electrons. The highest BCUT2D eigenvalue weighted by Gasteiger charge is 2.40. The zero-order valence-electron chi connectivity index (χ0n) is 20.1. The number of thioether (sulfide) groups is 1. The zero-order chi connectivity index (χ0) is 25.7. The van der Waals surface area contributed by atoms with E-state index in [0.717, 1.165) is 4.90 Å². The Hall–Kier alpha value is -3.98. The van der Waals surface area contributed by atoms with Crippen molar-refractivity contribution in [2.75, 3.05) is 31.0 Å². The normalized spacial score (nSPS) is 15.1. The van der Waals surface area contributed by atoms with Crippen LogP contribution in [0.15, 0.2) is 71.6 Å². The van der Waals surface area contributed by atoms with Crippen molar-refractivity contribution in [1.82, 2.24) is 0 Å². The van der Waals surface area contributed by atoms with Crippen molar-refractivity contribution in [3.8, 4) is 17.2 Å². The van der Waals surface area contributed by atoms with Crippen LogP contribution in [0.5, 0.6) is 17.2 Å². The highest BCUT2D eigenvalue weighted by Crippen LogP contribution is 2.35. The van der Waals surface area contributed by atoms with Gasteiger partial charge >= 0.3 is 0 Å². The molecule has 3 aromatic carbocycles. The maximum atomic E-state index is 13.0. The van der Waals surface area contributed by atoms with Gasteiger partial charge in [-0.2, -0.15) is 0 Å². The summed E-state index contributed by atoms with van der Waals surface area (Å²) in [7, 11) is 2.98. The van der Waals surface area contributed by atoms with Crippen molar-refractivity contribution in [2.45, 2.75) is 23.5 Å². The van der Waals surface area contributed by atoms with Gasteiger partial charge in [0.25, 0.3) is 5.91 Å². The second-order valence-electron chi connectivity index (χ2n) is 7.82. The second-order valence-corrected chi connectivity index (χ2v) is 9.10. The summed E-state index contributed by atoms with van der Waals surface area (Å²) in [4.78, 5) is 40.5. The Morgan fingerprint density at radius 1 is 0.972 bits per heavy atom. The number of carbonyl (C=O) groups is 3. The third kappa shape index (κ3) is 5.31. The molecule has 1 unspecified atom stereocenters. The molecule has 0 saturated carbocycles. The molecule has 1 N–H and O–H groups in total. The van der Waals surface area contributed by atoms with E-state index in [0.29, 0.717) is 40.8 Å². The van der Waals surface area contributed by atoms with E-state index in [2.05, 4.69) is 5.32 Å². The van der Waals surface area contributed by atoms with Gasteiger partial charge in [0.1, 0.15) is 22.8 Å². The summed E-state index contributed by atoms with van der Waals surface area (Å²) in [5.41, 5.74) is 1.40. The molecule has 1 aliphatic heterocycles. The number of anilines is 2. The molecule has 3 aromatic rings. The van der Waals surface area contributed by atoms with E-state index in [1.165, 1.54) is 30.9 Å². The lowest BCUT2D eigenvalue weighted by Crippen LogP contribution is -2.31. The number of benzene rings is 3. The van der Waals surface area contributed by atoms with Gasteiger partial charge in [-0.25, -0.2) is 4.90 Å². The van der Waals surface area contributed by atoms with Gasteiger partial charge < -0.3 is 19.5 Å². The molecule has 3 amide bonds. The van der Waals surface area contributed by atoms with Crippen molar-refractivity contribution in [3.05, 3.63) is 72.3 Å². The fraction of sp³-hybridized carbons (Fsp3) is 0.222. The highest BCUT2D eigenvalue weighted by molar-refractivity contribution is 8.00. The third-order valence-corrected chi connectivity index (χ3v) is 6.75. The van der Waals surface area contributed by atoms with Gasteiger partial charge in [0, 0.05) is 17.0 Å². The molecule has 36 heavy (non-hydrogen) atoms. The maximum absolute atomic E-state index is 13.0. The van der Waals surface area contributed by atoms with Gasteiger partial charge in [-0.05, 0) is 67.6 Å². The molecule has 1 fully saturated rings. The number of carbonyl (C=O) groups excluding carboxylic acids is 3. The number of ether oxygens (including phenoxy) is 3. The Labute approximate surface area is 213 Å². The van der Waals surface area contributed by atoms with E-state index in [9.17, 15) is 14.4 Å². The van der Waals surface area contributed by atoms with Crippen LogP contribution in [0.4, 0.5) is 11.4 Å². The Kier molecular flexibility index (Phi) is 7.80. The molecular weight excluding hydrogens is 480 g/mol. The fourth-order valence-corrected chi connectivity index (χ4v) is 4.93. The van der Waals surface area contributed by atoms with E-state index < -0.39 is 5.25 Å². The van der Waals surface area contributed by atoms with Crippen LogP contribution >= 0.6 is 11.8 Å². The fourth-order valence-electron chi connectivity index (χ4n) is 3.88. The van der Waals surface area contributed by atoms with E-state index in [4.69, 9.17) is 14.2 Å². The number of hydrogen-bond donors (Lipinski definition) is 1. The molecule has 1 aliphatic rings. The lowest BCUT2D eigenvalue weighted by atomic mass is 10.1. The molecule has 8 nitrogen and oxygen atoms in total. The Balaban J connectivity index is 1.42. The average molecular weight is 507 g/mol. The summed E-state index contributed by atoms with van der Waals surface area (Å²) in [6.45, 7) is 2.43. The lowest BCUT2D eigenvalue weighted by Gasteiger charge is -2.15. The minimum absolute atomic E-state index is 0.114. The monoisotopic (exact) mass is 506 g/mol. The summed E-state index contributed by atoms with van der Waals surface area (Å²) in [5, 5.41) is 2.31. The van der Waals surface area contributed by atoms with Crippen molar-refractivity contribution in [1.29, 1.82) is 0 Å². The predicted molar refractivity (Wildman–Crippen MR) is 138 cm³/mol. The number of hydrogen-bond acceptors (Lipinski definition) is 7. The minimum atomic E-state index is -0.526. The number of nitrogens with one attached hydrogen (secondary N) is 1. The Morgan fingerprint density at radius 3 is 2.19 bits per heavy atom. The van der Waals surface area contributed by atoms with Gasteiger partial charge in [0.2, 0.25) is 11.8 Å². The molecule has 1 atom stereocenters. The number of amides is 3. The van der Waals surface area contributed by atoms with Crippen molar-refractivity contribution < 1.29 is 28.6 Å². The zero-order valence-corrected chi connectivity index (χ0v) is 21.0. The topological polar surface area (TPSA) is 94.2 Å². The first-order valence-corrected chi connectivity index (χ1v) is 12.2. The van der Waals surface area contributed by atoms with Crippen LogP contribution in [0.2, 0.25) is 0 Å². The van der Waals surface area contributed by atoms with Crippen molar-refractivity contribution in [2.24, 2.45) is 0 Å². The molecular formula is C27H26N2O6S. The number of imide groups is 1. The molecule has 0 aliphatic carbocycles. The van der Waals surface area contributed by atoms with Crippen LogP contribution in [-0.2, 0) is 9.59 Å². The molecule has 0 bridgehead atoms. The average Bonchev–Trinajstić information content (AvgIpc) is 3.17. The molecule has 4 rings (SSSR count). The second kappa shape index (κ2) is 11.2. The predicted octanol–water partition coefficient (Wildman–Crippen LogP) is 4.78.